The van der Waals surface area contributed by atoms with Crippen molar-refractivity contribution in [3.8, 4) is 11.8 Å². The van der Waals surface area contributed by atoms with Crippen molar-refractivity contribution in [2.45, 2.75) is 32.6 Å². The zero-order chi connectivity index (χ0) is 6.53. The average molecular weight is 120 g/mol. The molecule has 9 heavy (non-hydrogen) atoms. The molecule has 0 nitrogen and oxygen atoms in total. The summed E-state index contributed by atoms with van der Waals surface area (Å²) in [5.74, 6) is 6.01. The standard InChI is InChI=1S/C9H12/c1-2-6-9-7-4-3-5-8-9/h7H,3-5,8H2,1H3. The molecule has 0 amide bonds. The Bertz CT molecular complexity index is 164. The molecular formula is C9H12. The molecule has 0 saturated carbocycles. The van der Waals surface area contributed by atoms with Crippen LogP contribution in [-0.4, -0.2) is 0 Å². The minimum atomic E-state index is 1.21. The topological polar surface area (TPSA) is 0 Å². The van der Waals surface area contributed by atoms with Gasteiger partial charge < -0.3 is 0 Å². The van der Waals surface area contributed by atoms with Gasteiger partial charge in [-0.1, -0.05) is 12.0 Å². The lowest BCUT2D eigenvalue weighted by molar-refractivity contribution is 0.715. The predicted octanol–water partition coefficient (Wildman–Crippen LogP) is 2.51. The monoisotopic (exact) mass is 120 g/mol. The van der Waals surface area contributed by atoms with E-state index in [0.29, 0.717) is 0 Å². The summed E-state index contributed by atoms with van der Waals surface area (Å²) in [5.41, 5.74) is 1.35. The molecule has 0 unspecified atom stereocenters. The van der Waals surface area contributed by atoms with E-state index in [1.165, 1.54) is 31.3 Å². The van der Waals surface area contributed by atoms with Crippen LogP contribution in [0.4, 0.5) is 0 Å². The van der Waals surface area contributed by atoms with Gasteiger partial charge in [0.2, 0.25) is 0 Å². The molecule has 0 spiro atoms. The minimum Gasteiger partial charge on any atom is -0.102 e. The lowest BCUT2D eigenvalue weighted by Gasteiger charge is -2.05. The molecule has 0 radical (unpaired) electrons. The van der Waals surface area contributed by atoms with Gasteiger partial charge in [-0.15, -0.1) is 5.92 Å². The molecule has 0 aromatic heterocycles. The summed E-state index contributed by atoms with van der Waals surface area (Å²) in [5, 5.41) is 0. The summed E-state index contributed by atoms with van der Waals surface area (Å²) < 4.78 is 0. The first-order valence-electron chi connectivity index (χ1n) is 3.55. The maximum Gasteiger partial charge on any atom is -0.00197 e. The van der Waals surface area contributed by atoms with E-state index in [-0.39, 0.29) is 0 Å². The zero-order valence-corrected chi connectivity index (χ0v) is 5.91. The van der Waals surface area contributed by atoms with Crippen LogP contribution in [0.25, 0.3) is 0 Å². The fourth-order valence-electron chi connectivity index (χ4n) is 1.11. The first-order chi connectivity index (χ1) is 4.43. The largest absolute Gasteiger partial charge is 0.102 e. The minimum absolute atomic E-state index is 1.21. The maximum absolute atomic E-state index is 3.10. The average Bonchev–Trinajstić information content (AvgIpc) is 1.91. The highest BCUT2D eigenvalue weighted by Gasteiger charge is 1.98. The van der Waals surface area contributed by atoms with Crippen LogP contribution in [0.5, 0.6) is 0 Å². The zero-order valence-electron chi connectivity index (χ0n) is 5.91. The van der Waals surface area contributed by atoms with Crippen molar-refractivity contribution in [1.29, 1.82) is 0 Å². The van der Waals surface area contributed by atoms with E-state index in [4.69, 9.17) is 0 Å². The van der Waals surface area contributed by atoms with Gasteiger partial charge in [0.15, 0.2) is 0 Å². The van der Waals surface area contributed by atoms with E-state index in [0.717, 1.165) is 0 Å². The second-order valence-electron chi connectivity index (χ2n) is 2.35. The van der Waals surface area contributed by atoms with Gasteiger partial charge in [-0.25, -0.2) is 0 Å². The van der Waals surface area contributed by atoms with E-state index in [1.54, 1.807) is 0 Å². The normalized spacial score (nSPS) is 17.7. The summed E-state index contributed by atoms with van der Waals surface area (Å²) in [6.45, 7) is 1.90. The fraction of sp³-hybridized carbons (Fsp3) is 0.556. The van der Waals surface area contributed by atoms with Crippen LogP contribution < -0.4 is 0 Å². The van der Waals surface area contributed by atoms with E-state index in [9.17, 15) is 0 Å². The molecule has 1 aliphatic carbocycles. The summed E-state index contributed by atoms with van der Waals surface area (Å²) in [6.07, 6.45) is 7.40. The Hall–Kier alpha value is -0.700. The highest BCUT2D eigenvalue weighted by Crippen LogP contribution is 2.15. The SMILES string of the molecule is CC#CC1=CCCCC1. The number of allylic oxidation sites excluding steroid dienone is 2. The first kappa shape index (κ1) is 6.42. The highest BCUT2D eigenvalue weighted by atomic mass is 14.0. The predicted molar refractivity (Wildman–Crippen MR) is 40.0 cm³/mol. The van der Waals surface area contributed by atoms with E-state index in [2.05, 4.69) is 17.9 Å². The van der Waals surface area contributed by atoms with Crippen LogP contribution in [0.1, 0.15) is 32.6 Å². The molecule has 0 fully saturated rings. The number of hydrogen-bond acceptors (Lipinski definition) is 0. The molecule has 0 heteroatoms. The number of rotatable bonds is 0. The van der Waals surface area contributed by atoms with E-state index in [1.807, 2.05) is 6.92 Å². The Labute approximate surface area is 57.0 Å². The van der Waals surface area contributed by atoms with Crippen molar-refractivity contribution in [1.82, 2.24) is 0 Å². The molecule has 0 aromatic rings. The van der Waals surface area contributed by atoms with Crippen LogP contribution in [0.3, 0.4) is 0 Å². The van der Waals surface area contributed by atoms with Crippen LogP contribution >= 0.6 is 0 Å². The van der Waals surface area contributed by atoms with Crippen molar-refractivity contribution in [2.75, 3.05) is 0 Å². The molecule has 0 aromatic carbocycles. The molecule has 0 aliphatic heterocycles. The van der Waals surface area contributed by atoms with Crippen molar-refractivity contribution in [2.24, 2.45) is 0 Å². The highest BCUT2D eigenvalue weighted by molar-refractivity contribution is 5.28. The Morgan fingerprint density at radius 1 is 1.44 bits per heavy atom. The summed E-state index contributed by atoms with van der Waals surface area (Å²) in [4.78, 5) is 0. The smallest absolute Gasteiger partial charge is 0.00197 e. The van der Waals surface area contributed by atoms with Crippen LogP contribution in [0.15, 0.2) is 11.6 Å². The van der Waals surface area contributed by atoms with E-state index >= 15 is 0 Å². The van der Waals surface area contributed by atoms with Gasteiger partial charge in [0.1, 0.15) is 0 Å². The Morgan fingerprint density at radius 3 is 2.89 bits per heavy atom. The summed E-state index contributed by atoms with van der Waals surface area (Å²) >= 11 is 0. The van der Waals surface area contributed by atoms with Gasteiger partial charge in [-0.3, -0.25) is 0 Å². The Balaban J connectivity index is 2.53. The van der Waals surface area contributed by atoms with Crippen molar-refractivity contribution >= 4 is 0 Å². The van der Waals surface area contributed by atoms with Crippen molar-refractivity contribution in [3.63, 3.8) is 0 Å². The lowest BCUT2D eigenvalue weighted by Crippen LogP contribution is -1.87. The summed E-state index contributed by atoms with van der Waals surface area (Å²) in [7, 11) is 0. The quantitative estimate of drug-likeness (QED) is 0.431. The van der Waals surface area contributed by atoms with E-state index < -0.39 is 0 Å². The third-order valence-corrected chi connectivity index (χ3v) is 1.58. The van der Waals surface area contributed by atoms with Crippen LogP contribution in [0.2, 0.25) is 0 Å². The molecular weight excluding hydrogens is 108 g/mol. The maximum atomic E-state index is 3.10. The lowest BCUT2D eigenvalue weighted by atomic mass is 10.0. The second kappa shape index (κ2) is 3.35. The molecule has 0 saturated heterocycles. The van der Waals surface area contributed by atoms with Crippen molar-refractivity contribution in [3.05, 3.63) is 11.6 Å². The first-order valence-corrected chi connectivity index (χ1v) is 3.55. The summed E-state index contributed by atoms with van der Waals surface area (Å²) in [6, 6.07) is 0. The van der Waals surface area contributed by atoms with Crippen LogP contribution in [0, 0.1) is 11.8 Å². The van der Waals surface area contributed by atoms with Gasteiger partial charge in [-0.05, 0) is 38.2 Å². The van der Waals surface area contributed by atoms with Crippen LogP contribution in [-0.2, 0) is 0 Å². The van der Waals surface area contributed by atoms with Gasteiger partial charge >= 0.3 is 0 Å². The molecule has 0 bridgehead atoms. The fourth-order valence-corrected chi connectivity index (χ4v) is 1.11. The Kier molecular flexibility index (Phi) is 2.39. The Morgan fingerprint density at radius 2 is 2.33 bits per heavy atom. The second-order valence-corrected chi connectivity index (χ2v) is 2.35. The molecule has 1 aliphatic rings. The van der Waals surface area contributed by atoms with Gasteiger partial charge in [0.25, 0.3) is 0 Å². The molecule has 0 atom stereocenters. The van der Waals surface area contributed by atoms with Gasteiger partial charge in [-0.2, -0.15) is 0 Å². The van der Waals surface area contributed by atoms with Crippen molar-refractivity contribution < 1.29 is 0 Å². The number of hydrogen-bond donors (Lipinski definition) is 0. The molecule has 0 N–H and O–H groups in total. The molecule has 0 heterocycles. The third-order valence-electron chi connectivity index (χ3n) is 1.58. The molecule has 1 rings (SSSR count). The molecule has 48 valence electrons. The van der Waals surface area contributed by atoms with Gasteiger partial charge in [0, 0.05) is 0 Å². The third kappa shape index (κ3) is 1.93. The van der Waals surface area contributed by atoms with Gasteiger partial charge in [0.05, 0.1) is 0 Å².